The summed E-state index contributed by atoms with van der Waals surface area (Å²) in [6.07, 6.45) is 0. The maximum atomic E-state index is 12.7. The van der Waals surface area contributed by atoms with E-state index in [-0.39, 0.29) is 17.4 Å². The first-order valence-electron chi connectivity index (χ1n) is 9.63. The lowest BCUT2D eigenvalue weighted by atomic mass is 10.1. The van der Waals surface area contributed by atoms with Crippen LogP contribution in [0.3, 0.4) is 0 Å². The summed E-state index contributed by atoms with van der Waals surface area (Å²) in [6.45, 7) is 5.51. The van der Waals surface area contributed by atoms with Gasteiger partial charge in [0.1, 0.15) is 5.75 Å². The zero-order valence-electron chi connectivity index (χ0n) is 17.7. The molecule has 1 amide bonds. The van der Waals surface area contributed by atoms with Gasteiger partial charge in [-0.1, -0.05) is 22.0 Å². The van der Waals surface area contributed by atoms with Crippen LogP contribution in [0.25, 0.3) is 0 Å². The van der Waals surface area contributed by atoms with E-state index in [0.717, 1.165) is 25.6 Å². The van der Waals surface area contributed by atoms with Gasteiger partial charge in [0.15, 0.2) is 6.61 Å². The van der Waals surface area contributed by atoms with Crippen molar-refractivity contribution in [3.8, 4) is 5.75 Å². The van der Waals surface area contributed by atoms with Crippen LogP contribution in [0.1, 0.15) is 16.7 Å². The third kappa shape index (κ3) is 6.34. The Balaban J connectivity index is 1.63. The Bertz CT molecular complexity index is 1220. The summed E-state index contributed by atoms with van der Waals surface area (Å²) in [5.74, 6) is 0.227. The molecule has 168 valence electrons. The highest BCUT2D eigenvalue weighted by Gasteiger charge is 2.15. The fourth-order valence-corrected chi connectivity index (χ4v) is 5.77. The van der Waals surface area contributed by atoms with E-state index in [1.54, 1.807) is 12.1 Å². The van der Waals surface area contributed by atoms with E-state index in [2.05, 4.69) is 41.9 Å². The van der Waals surface area contributed by atoms with Crippen LogP contribution >= 0.6 is 31.9 Å². The Morgan fingerprint density at radius 3 is 2.12 bits per heavy atom. The lowest BCUT2D eigenvalue weighted by molar-refractivity contribution is -0.118. The highest BCUT2D eigenvalue weighted by molar-refractivity contribution is 9.11. The molecule has 0 bridgehead atoms. The number of hydrogen-bond donors (Lipinski definition) is 2. The van der Waals surface area contributed by atoms with Crippen molar-refractivity contribution in [2.24, 2.45) is 0 Å². The van der Waals surface area contributed by atoms with Gasteiger partial charge in [-0.3, -0.25) is 9.52 Å². The van der Waals surface area contributed by atoms with Crippen molar-refractivity contribution in [3.05, 3.63) is 80.2 Å². The van der Waals surface area contributed by atoms with Crippen molar-refractivity contribution < 1.29 is 17.9 Å². The maximum Gasteiger partial charge on any atom is 0.262 e. The van der Waals surface area contributed by atoms with E-state index < -0.39 is 10.0 Å². The zero-order valence-corrected chi connectivity index (χ0v) is 21.7. The minimum absolute atomic E-state index is 0.0975. The van der Waals surface area contributed by atoms with Gasteiger partial charge in [0.05, 0.1) is 9.37 Å². The Morgan fingerprint density at radius 2 is 1.53 bits per heavy atom. The molecule has 0 saturated heterocycles. The predicted octanol–water partition coefficient (Wildman–Crippen LogP) is 5.96. The van der Waals surface area contributed by atoms with Crippen LogP contribution < -0.4 is 14.8 Å². The summed E-state index contributed by atoms with van der Waals surface area (Å²) in [5.41, 5.74) is 3.79. The number of anilines is 2. The number of rotatable bonds is 7. The molecule has 6 nitrogen and oxygen atoms in total. The summed E-state index contributed by atoms with van der Waals surface area (Å²) in [7, 11) is -3.75. The average molecular weight is 582 g/mol. The first-order chi connectivity index (χ1) is 15.0. The minimum atomic E-state index is -3.75. The number of carbonyl (C=O) groups is 1. The Hall–Kier alpha value is -2.36. The molecule has 0 heterocycles. The number of hydrogen-bond acceptors (Lipinski definition) is 4. The van der Waals surface area contributed by atoms with Gasteiger partial charge in [0.2, 0.25) is 0 Å². The SMILES string of the molecule is Cc1cc(C)cc(NS(=O)(=O)c2ccc(NC(=O)COc3c(C)cc(Br)cc3Br)cc2)c1. The van der Waals surface area contributed by atoms with Gasteiger partial charge < -0.3 is 10.1 Å². The molecular weight excluding hydrogens is 560 g/mol. The lowest BCUT2D eigenvalue weighted by Gasteiger charge is -2.12. The van der Waals surface area contributed by atoms with Crippen molar-refractivity contribution in [1.82, 2.24) is 0 Å². The zero-order chi connectivity index (χ0) is 23.5. The molecule has 0 fully saturated rings. The number of nitrogens with one attached hydrogen (secondary N) is 2. The maximum absolute atomic E-state index is 12.7. The summed E-state index contributed by atoms with van der Waals surface area (Å²) in [4.78, 5) is 12.4. The third-order valence-electron chi connectivity index (χ3n) is 4.46. The molecule has 0 aliphatic heterocycles. The number of amides is 1. The second-order valence-electron chi connectivity index (χ2n) is 7.38. The molecule has 3 aromatic rings. The molecule has 0 unspecified atom stereocenters. The van der Waals surface area contributed by atoms with E-state index >= 15 is 0 Å². The van der Waals surface area contributed by atoms with Gasteiger partial charge in [0.25, 0.3) is 15.9 Å². The predicted molar refractivity (Wildman–Crippen MR) is 134 cm³/mol. The Labute approximate surface area is 204 Å². The molecule has 0 aromatic heterocycles. The number of sulfonamides is 1. The Kier molecular flexibility index (Phi) is 7.63. The molecule has 3 aromatic carbocycles. The second-order valence-corrected chi connectivity index (χ2v) is 10.8. The van der Waals surface area contributed by atoms with Crippen LogP contribution in [0.15, 0.2) is 68.4 Å². The molecule has 0 aliphatic rings. The summed E-state index contributed by atoms with van der Waals surface area (Å²) in [6, 6.07) is 15.2. The van der Waals surface area contributed by atoms with E-state index in [4.69, 9.17) is 4.74 Å². The Morgan fingerprint density at radius 1 is 0.906 bits per heavy atom. The monoisotopic (exact) mass is 580 g/mol. The molecular formula is C23H22Br2N2O4S. The van der Waals surface area contributed by atoms with Crippen LogP contribution in [-0.4, -0.2) is 20.9 Å². The van der Waals surface area contributed by atoms with Gasteiger partial charge in [-0.2, -0.15) is 0 Å². The number of aryl methyl sites for hydroxylation is 3. The molecule has 0 spiro atoms. The number of halogens is 2. The normalized spacial score (nSPS) is 11.2. The van der Waals surface area contributed by atoms with Crippen LogP contribution in [0.4, 0.5) is 11.4 Å². The molecule has 0 radical (unpaired) electrons. The molecule has 9 heteroatoms. The summed E-state index contributed by atoms with van der Waals surface area (Å²) in [5, 5.41) is 2.70. The second kappa shape index (κ2) is 10.1. The minimum Gasteiger partial charge on any atom is -0.482 e. The van der Waals surface area contributed by atoms with Gasteiger partial charge in [0, 0.05) is 15.8 Å². The molecule has 0 saturated carbocycles. The smallest absolute Gasteiger partial charge is 0.262 e. The van der Waals surface area contributed by atoms with Crippen LogP contribution in [0.2, 0.25) is 0 Å². The van der Waals surface area contributed by atoms with E-state index in [1.807, 2.05) is 39.0 Å². The van der Waals surface area contributed by atoms with Crippen molar-refractivity contribution in [1.29, 1.82) is 0 Å². The lowest BCUT2D eigenvalue weighted by Crippen LogP contribution is -2.20. The fourth-order valence-electron chi connectivity index (χ4n) is 3.17. The highest BCUT2D eigenvalue weighted by atomic mass is 79.9. The number of carbonyl (C=O) groups excluding carboxylic acids is 1. The molecule has 0 aliphatic carbocycles. The van der Waals surface area contributed by atoms with Gasteiger partial charge in [-0.25, -0.2) is 8.42 Å². The fraction of sp³-hybridized carbons (Fsp3) is 0.174. The third-order valence-corrected chi connectivity index (χ3v) is 6.91. The summed E-state index contributed by atoms with van der Waals surface area (Å²) < 4.78 is 35.2. The van der Waals surface area contributed by atoms with Crippen molar-refractivity contribution in [2.75, 3.05) is 16.6 Å². The van der Waals surface area contributed by atoms with Crippen LogP contribution in [0.5, 0.6) is 5.75 Å². The number of benzene rings is 3. The molecule has 32 heavy (non-hydrogen) atoms. The highest BCUT2D eigenvalue weighted by Crippen LogP contribution is 2.32. The van der Waals surface area contributed by atoms with E-state index in [9.17, 15) is 13.2 Å². The van der Waals surface area contributed by atoms with Crippen molar-refractivity contribution in [3.63, 3.8) is 0 Å². The van der Waals surface area contributed by atoms with Crippen LogP contribution in [0, 0.1) is 20.8 Å². The van der Waals surface area contributed by atoms with E-state index in [0.29, 0.717) is 17.1 Å². The molecule has 0 atom stereocenters. The van der Waals surface area contributed by atoms with Gasteiger partial charge >= 0.3 is 0 Å². The summed E-state index contributed by atoms with van der Waals surface area (Å²) >= 11 is 6.83. The first-order valence-corrected chi connectivity index (χ1v) is 12.7. The van der Waals surface area contributed by atoms with Crippen molar-refractivity contribution >= 4 is 59.2 Å². The van der Waals surface area contributed by atoms with Crippen molar-refractivity contribution in [2.45, 2.75) is 25.7 Å². The largest absolute Gasteiger partial charge is 0.482 e. The molecule has 3 rings (SSSR count). The number of ether oxygens (including phenoxy) is 1. The van der Waals surface area contributed by atoms with Gasteiger partial charge in [-0.15, -0.1) is 0 Å². The first kappa shape index (κ1) is 24.3. The van der Waals surface area contributed by atoms with Gasteiger partial charge in [-0.05, 0) is 102 Å². The topological polar surface area (TPSA) is 84.5 Å². The average Bonchev–Trinajstić information content (AvgIpc) is 2.66. The quantitative estimate of drug-likeness (QED) is 0.361. The molecule has 2 N–H and O–H groups in total. The van der Waals surface area contributed by atoms with Crippen LogP contribution in [-0.2, 0) is 14.8 Å². The standard InChI is InChI=1S/C23H22Br2N2O4S/c1-14-8-15(2)10-19(9-14)27-32(29,30)20-6-4-18(5-7-20)26-22(28)13-31-23-16(3)11-17(24)12-21(23)25/h4-12,27H,13H2,1-3H3,(H,26,28). The van der Waals surface area contributed by atoms with E-state index in [1.165, 1.54) is 24.3 Å².